The molecule has 1 aromatic rings. The Hall–Kier alpha value is -1.06. The van der Waals surface area contributed by atoms with E-state index in [0.717, 1.165) is 11.3 Å². The van der Waals surface area contributed by atoms with Crippen LogP contribution in [0, 0.1) is 5.92 Å². The minimum atomic E-state index is -0.565. The van der Waals surface area contributed by atoms with Crippen LogP contribution in [0.4, 0.5) is 0 Å². The molecule has 0 saturated carbocycles. The predicted molar refractivity (Wildman–Crippen MR) is 63.6 cm³/mol. The number of aliphatic hydroxyl groups is 1. The van der Waals surface area contributed by atoms with Crippen molar-refractivity contribution in [3.63, 3.8) is 0 Å². The number of methoxy groups -OCH3 is 1. The van der Waals surface area contributed by atoms with Crippen LogP contribution in [0.1, 0.15) is 25.5 Å². The number of benzene rings is 1. The molecule has 3 heteroatoms. The third-order valence-corrected chi connectivity index (χ3v) is 2.23. The van der Waals surface area contributed by atoms with Gasteiger partial charge in [0.05, 0.1) is 13.7 Å². The molecule has 1 aromatic carbocycles. The molecular weight excluding hydrogens is 204 g/mol. The van der Waals surface area contributed by atoms with Crippen LogP contribution in [-0.4, -0.2) is 25.4 Å². The van der Waals surface area contributed by atoms with Crippen LogP contribution in [0.15, 0.2) is 24.3 Å². The molecule has 1 rings (SSSR count). The normalized spacial score (nSPS) is 12.8. The topological polar surface area (TPSA) is 38.7 Å². The van der Waals surface area contributed by atoms with E-state index in [0.29, 0.717) is 19.1 Å². The fraction of sp³-hybridized carbons (Fsp3) is 0.538. The zero-order valence-corrected chi connectivity index (χ0v) is 10.1. The van der Waals surface area contributed by atoms with Crippen molar-refractivity contribution in [1.29, 1.82) is 0 Å². The smallest absolute Gasteiger partial charge is 0.118 e. The lowest BCUT2D eigenvalue weighted by atomic mass is 10.1. The molecule has 0 fully saturated rings. The summed E-state index contributed by atoms with van der Waals surface area (Å²) in [6, 6.07) is 7.37. The first-order valence-corrected chi connectivity index (χ1v) is 5.53. The molecule has 90 valence electrons. The van der Waals surface area contributed by atoms with Gasteiger partial charge in [-0.1, -0.05) is 26.0 Å². The van der Waals surface area contributed by atoms with E-state index in [1.165, 1.54) is 0 Å². The molecule has 0 heterocycles. The van der Waals surface area contributed by atoms with Crippen LogP contribution >= 0.6 is 0 Å². The van der Waals surface area contributed by atoms with Crippen LogP contribution in [-0.2, 0) is 4.74 Å². The highest BCUT2D eigenvalue weighted by atomic mass is 16.5. The molecule has 0 radical (unpaired) electrons. The van der Waals surface area contributed by atoms with Gasteiger partial charge in [-0.3, -0.25) is 0 Å². The van der Waals surface area contributed by atoms with Crippen molar-refractivity contribution in [2.24, 2.45) is 5.92 Å². The van der Waals surface area contributed by atoms with Gasteiger partial charge in [0.2, 0.25) is 0 Å². The van der Waals surface area contributed by atoms with E-state index in [9.17, 15) is 5.11 Å². The number of ether oxygens (including phenoxy) is 2. The number of aliphatic hydroxyl groups excluding tert-OH is 1. The summed E-state index contributed by atoms with van der Waals surface area (Å²) in [5.74, 6) is 1.28. The first-order valence-electron chi connectivity index (χ1n) is 5.53. The van der Waals surface area contributed by atoms with Crippen LogP contribution in [0.2, 0.25) is 0 Å². The van der Waals surface area contributed by atoms with Crippen molar-refractivity contribution in [1.82, 2.24) is 0 Å². The average Bonchev–Trinajstić information content (AvgIpc) is 2.28. The molecule has 0 amide bonds. The third kappa shape index (κ3) is 4.21. The SMILES string of the molecule is COc1ccc(C(O)COCC(C)C)cc1. The summed E-state index contributed by atoms with van der Waals surface area (Å²) < 4.78 is 10.4. The lowest BCUT2D eigenvalue weighted by Crippen LogP contribution is -2.10. The average molecular weight is 224 g/mol. The second kappa shape index (κ2) is 6.51. The van der Waals surface area contributed by atoms with Gasteiger partial charge in [-0.2, -0.15) is 0 Å². The fourth-order valence-corrected chi connectivity index (χ4v) is 1.34. The highest BCUT2D eigenvalue weighted by molar-refractivity contribution is 5.28. The van der Waals surface area contributed by atoms with E-state index in [4.69, 9.17) is 9.47 Å². The summed E-state index contributed by atoms with van der Waals surface area (Å²) in [5, 5.41) is 9.83. The van der Waals surface area contributed by atoms with Crippen molar-refractivity contribution in [2.45, 2.75) is 20.0 Å². The molecule has 0 aliphatic rings. The Labute approximate surface area is 97.0 Å². The second-order valence-corrected chi connectivity index (χ2v) is 4.22. The van der Waals surface area contributed by atoms with Gasteiger partial charge >= 0.3 is 0 Å². The highest BCUT2D eigenvalue weighted by Gasteiger charge is 2.07. The van der Waals surface area contributed by atoms with Crippen molar-refractivity contribution < 1.29 is 14.6 Å². The van der Waals surface area contributed by atoms with Gasteiger partial charge in [-0.15, -0.1) is 0 Å². The minimum Gasteiger partial charge on any atom is -0.497 e. The van der Waals surface area contributed by atoms with E-state index < -0.39 is 6.10 Å². The first kappa shape index (κ1) is 13.0. The molecule has 3 nitrogen and oxygen atoms in total. The standard InChI is InChI=1S/C13H20O3/c1-10(2)8-16-9-13(14)11-4-6-12(15-3)7-5-11/h4-7,10,13-14H,8-9H2,1-3H3. The monoisotopic (exact) mass is 224 g/mol. The zero-order chi connectivity index (χ0) is 12.0. The largest absolute Gasteiger partial charge is 0.497 e. The number of rotatable bonds is 6. The van der Waals surface area contributed by atoms with Crippen molar-refractivity contribution in [2.75, 3.05) is 20.3 Å². The molecule has 0 bridgehead atoms. The van der Waals surface area contributed by atoms with E-state index in [1.807, 2.05) is 24.3 Å². The maximum Gasteiger partial charge on any atom is 0.118 e. The van der Waals surface area contributed by atoms with E-state index in [-0.39, 0.29) is 0 Å². The zero-order valence-electron chi connectivity index (χ0n) is 10.1. The van der Waals surface area contributed by atoms with Crippen LogP contribution < -0.4 is 4.74 Å². The Morgan fingerprint density at radius 3 is 2.25 bits per heavy atom. The minimum absolute atomic E-state index is 0.338. The van der Waals surface area contributed by atoms with Crippen LogP contribution in [0.25, 0.3) is 0 Å². The number of hydrogen-bond donors (Lipinski definition) is 1. The Morgan fingerprint density at radius 1 is 1.12 bits per heavy atom. The third-order valence-electron chi connectivity index (χ3n) is 2.23. The first-order chi connectivity index (χ1) is 7.63. The van der Waals surface area contributed by atoms with E-state index >= 15 is 0 Å². The van der Waals surface area contributed by atoms with Gasteiger partial charge in [-0.05, 0) is 23.6 Å². The lowest BCUT2D eigenvalue weighted by molar-refractivity contribution is 0.0250. The molecule has 1 N–H and O–H groups in total. The van der Waals surface area contributed by atoms with Gasteiger partial charge in [0, 0.05) is 6.61 Å². The highest BCUT2D eigenvalue weighted by Crippen LogP contribution is 2.17. The van der Waals surface area contributed by atoms with E-state index in [2.05, 4.69) is 13.8 Å². The maximum absolute atomic E-state index is 9.83. The quantitative estimate of drug-likeness (QED) is 0.806. The van der Waals surface area contributed by atoms with Crippen molar-refractivity contribution in [3.05, 3.63) is 29.8 Å². The Balaban J connectivity index is 2.43. The van der Waals surface area contributed by atoms with Crippen molar-refractivity contribution >= 4 is 0 Å². The predicted octanol–water partition coefficient (Wildman–Crippen LogP) is 2.40. The van der Waals surface area contributed by atoms with Gasteiger partial charge < -0.3 is 14.6 Å². The Bertz CT molecular complexity index is 293. The van der Waals surface area contributed by atoms with Gasteiger partial charge in [0.1, 0.15) is 11.9 Å². The summed E-state index contributed by atoms with van der Waals surface area (Å²) >= 11 is 0. The van der Waals surface area contributed by atoms with Crippen LogP contribution in [0.5, 0.6) is 5.75 Å². The molecular formula is C13H20O3. The maximum atomic E-state index is 9.83. The van der Waals surface area contributed by atoms with Gasteiger partial charge in [0.25, 0.3) is 0 Å². The lowest BCUT2D eigenvalue weighted by Gasteiger charge is -2.13. The molecule has 1 unspecified atom stereocenters. The fourth-order valence-electron chi connectivity index (χ4n) is 1.34. The molecule has 16 heavy (non-hydrogen) atoms. The molecule has 0 aliphatic heterocycles. The summed E-state index contributed by atoms with van der Waals surface area (Å²) in [6.07, 6.45) is -0.565. The van der Waals surface area contributed by atoms with Gasteiger partial charge in [-0.25, -0.2) is 0 Å². The van der Waals surface area contributed by atoms with E-state index in [1.54, 1.807) is 7.11 Å². The van der Waals surface area contributed by atoms with Crippen molar-refractivity contribution in [3.8, 4) is 5.75 Å². The number of hydrogen-bond acceptors (Lipinski definition) is 3. The summed E-state index contributed by atoms with van der Waals surface area (Å²) in [5.41, 5.74) is 0.851. The molecule has 1 atom stereocenters. The molecule has 0 aromatic heterocycles. The summed E-state index contributed by atoms with van der Waals surface area (Å²) in [4.78, 5) is 0. The second-order valence-electron chi connectivity index (χ2n) is 4.22. The molecule has 0 aliphatic carbocycles. The molecule has 0 saturated heterocycles. The Kier molecular flexibility index (Phi) is 5.29. The van der Waals surface area contributed by atoms with Crippen LogP contribution in [0.3, 0.4) is 0 Å². The van der Waals surface area contributed by atoms with Gasteiger partial charge in [0.15, 0.2) is 0 Å². The molecule has 0 spiro atoms. The summed E-state index contributed by atoms with van der Waals surface area (Å²) in [7, 11) is 1.62. The Morgan fingerprint density at radius 2 is 1.75 bits per heavy atom. The summed E-state index contributed by atoms with van der Waals surface area (Å²) in [6.45, 7) is 5.18.